The third-order valence-corrected chi connectivity index (χ3v) is 7.98. The second kappa shape index (κ2) is 12.9. The Hall–Kier alpha value is -4.04. The molecule has 212 valence electrons. The lowest BCUT2D eigenvalue weighted by Gasteiger charge is -2.27. The van der Waals surface area contributed by atoms with Crippen molar-refractivity contribution in [2.45, 2.75) is 70.1 Å². The molecule has 0 radical (unpaired) electrons. The number of allylic oxidation sites excluding steroid dienone is 3. The molecule has 2 saturated heterocycles. The van der Waals surface area contributed by atoms with Gasteiger partial charge >= 0.3 is 0 Å². The Balaban J connectivity index is 1.41. The van der Waals surface area contributed by atoms with Crippen LogP contribution in [-0.4, -0.2) is 73.7 Å². The van der Waals surface area contributed by atoms with Crippen LogP contribution in [0.15, 0.2) is 42.5 Å². The Morgan fingerprint density at radius 1 is 1.32 bits per heavy atom. The SMILES string of the molecule is C=C/C(=C\C)C[C@@H]1C[C@@H](C(=O)NCc2ccc3c(c2)nnn3C)N(C(=O)[C@H](N)CCC(=O)N2CCC[C@H]2C#N)C1. The first-order valence-electron chi connectivity index (χ1n) is 13.8. The van der Waals surface area contributed by atoms with Gasteiger partial charge in [-0.05, 0) is 62.6 Å². The maximum Gasteiger partial charge on any atom is 0.243 e. The second-order valence-corrected chi connectivity index (χ2v) is 10.7. The standard InChI is InChI=1S/C29H38N8O3/c1-4-19(5-2)13-21-15-26(28(39)32-17-20-8-10-25-24(14-20)33-34-35(25)3)37(18-21)29(40)23(31)9-11-27(38)36-12-6-7-22(36)16-30/h4-5,8,10,14,21-23,26H,1,6-7,9,11-13,15,17-18,31H2,2-3H3,(H,32,39)/b19-5+/t21-,22+,23-,26+/m1/s1. The van der Waals surface area contributed by atoms with Gasteiger partial charge in [0.05, 0.1) is 17.6 Å². The Morgan fingerprint density at radius 3 is 2.85 bits per heavy atom. The van der Waals surface area contributed by atoms with E-state index in [1.807, 2.05) is 38.2 Å². The predicted octanol–water partition coefficient (Wildman–Crippen LogP) is 1.95. The molecule has 11 nitrogen and oxygen atoms in total. The lowest BCUT2D eigenvalue weighted by molar-refractivity contribution is -0.140. The molecule has 0 unspecified atom stereocenters. The fourth-order valence-electron chi connectivity index (χ4n) is 5.68. The van der Waals surface area contributed by atoms with E-state index in [2.05, 4.69) is 28.3 Å². The summed E-state index contributed by atoms with van der Waals surface area (Å²) in [4.78, 5) is 42.7. The van der Waals surface area contributed by atoms with Crippen molar-refractivity contribution in [2.24, 2.45) is 18.7 Å². The molecule has 0 aliphatic carbocycles. The molecule has 2 fully saturated rings. The van der Waals surface area contributed by atoms with Gasteiger partial charge in [0.1, 0.15) is 17.6 Å². The van der Waals surface area contributed by atoms with Gasteiger partial charge in [-0.25, -0.2) is 4.68 Å². The van der Waals surface area contributed by atoms with E-state index in [0.717, 1.165) is 28.6 Å². The van der Waals surface area contributed by atoms with Gasteiger partial charge in [-0.2, -0.15) is 5.26 Å². The number of likely N-dealkylation sites (tertiary alicyclic amines) is 2. The van der Waals surface area contributed by atoms with Crippen LogP contribution in [0.25, 0.3) is 11.0 Å². The number of fused-ring (bicyclic) bond motifs is 1. The van der Waals surface area contributed by atoms with E-state index >= 15 is 0 Å². The van der Waals surface area contributed by atoms with Crippen LogP contribution in [-0.2, 0) is 28.0 Å². The number of rotatable bonds is 10. The molecule has 0 saturated carbocycles. The summed E-state index contributed by atoms with van der Waals surface area (Å²) in [6, 6.07) is 5.89. The molecule has 40 heavy (non-hydrogen) atoms. The topological polar surface area (TPSA) is 150 Å². The molecule has 0 bridgehead atoms. The summed E-state index contributed by atoms with van der Waals surface area (Å²) in [5.74, 6) is -0.664. The number of carbonyl (C=O) groups is 3. The van der Waals surface area contributed by atoms with E-state index in [4.69, 9.17) is 5.73 Å². The summed E-state index contributed by atoms with van der Waals surface area (Å²) in [6.45, 7) is 7.05. The molecule has 4 atom stereocenters. The first-order valence-corrected chi connectivity index (χ1v) is 13.8. The quantitative estimate of drug-likeness (QED) is 0.432. The molecule has 1 aromatic heterocycles. The fraction of sp³-hybridized carbons (Fsp3) is 0.517. The highest BCUT2D eigenvalue weighted by Crippen LogP contribution is 2.30. The number of nitrogens with two attached hydrogens (primary N) is 1. The minimum absolute atomic E-state index is 0.0784. The van der Waals surface area contributed by atoms with Gasteiger partial charge in [-0.15, -0.1) is 5.10 Å². The second-order valence-electron chi connectivity index (χ2n) is 10.7. The number of hydrogen-bond donors (Lipinski definition) is 2. The van der Waals surface area contributed by atoms with Crippen LogP contribution in [0.2, 0.25) is 0 Å². The maximum atomic E-state index is 13.5. The summed E-state index contributed by atoms with van der Waals surface area (Å²) in [5.41, 5.74) is 9.87. The molecule has 3 amide bonds. The number of aryl methyl sites for hydroxylation is 1. The van der Waals surface area contributed by atoms with Crippen LogP contribution in [0.1, 0.15) is 51.0 Å². The molecule has 1 aromatic carbocycles. The number of benzene rings is 1. The van der Waals surface area contributed by atoms with Crippen molar-refractivity contribution < 1.29 is 14.4 Å². The van der Waals surface area contributed by atoms with Crippen LogP contribution in [0.4, 0.5) is 0 Å². The molecule has 2 aliphatic rings. The summed E-state index contributed by atoms with van der Waals surface area (Å²) >= 11 is 0. The van der Waals surface area contributed by atoms with Crippen molar-refractivity contribution in [1.82, 2.24) is 30.1 Å². The number of aromatic nitrogens is 3. The largest absolute Gasteiger partial charge is 0.350 e. The van der Waals surface area contributed by atoms with Crippen molar-refractivity contribution in [3.8, 4) is 6.07 Å². The zero-order valence-corrected chi connectivity index (χ0v) is 23.3. The van der Waals surface area contributed by atoms with E-state index < -0.39 is 18.1 Å². The lowest BCUT2D eigenvalue weighted by Crippen LogP contribution is -2.51. The molecule has 3 heterocycles. The van der Waals surface area contributed by atoms with Gasteiger partial charge in [0.2, 0.25) is 17.7 Å². The monoisotopic (exact) mass is 546 g/mol. The lowest BCUT2D eigenvalue weighted by atomic mass is 9.96. The number of nitrogens with zero attached hydrogens (tertiary/aromatic N) is 6. The number of amides is 3. The molecule has 4 rings (SSSR count). The van der Waals surface area contributed by atoms with Crippen molar-refractivity contribution in [3.05, 3.63) is 48.1 Å². The van der Waals surface area contributed by atoms with E-state index in [0.29, 0.717) is 32.4 Å². The van der Waals surface area contributed by atoms with Crippen LogP contribution < -0.4 is 11.1 Å². The number of nitriles is 1. The fourth-order valence-corrected chi connectivity index (χ4v) is 5.68. The first kappa shape index (κ1) is 29.0. The molecule has 2 aliphatic heterocycles. The van der Waals surface area contributed by atoms with Gasteiger partial charge in [0, 0.05) is 33.1 Å². The zero-order chi connectivity index (χ0) is 28.8. The average molecular weight is 547 g/mol. The maximum absolute atomic E-state index is 13.5. The van der Waals surface area contributed by atoms with Crippen LogP contribution in [0, 0.1) is 17.2 Å². The minimum atomic E-state index is -0.916. The van der Waals surface area contributed by atoms with E-state index in [9.17, 15) is 19.6 Å². The normalized spacial score (nSPS) is 21.9. The minimum Gasteiger partial charge on any atom is -0.350 e. The molecular formula is C29H38N8O3. The predicted molar refractivity (Wildman–Crippen MR) is 150 cm³/mol. The van der Waals surface area contributed by atoms with Gasteiger partial charge in [0.25, 0.3) is 0 Å². The number of hydrogen-bond acceptors (Lipinski definition) is 7. The smallest absolute Gasteiger partial charge is 0.243 e. The molecule has 0 spiro atoms. The third-order valence-electron chi connectivity index (χ3n) is 7.98. The summed E-state index contributed by atoms with van der Waals surface area (Å²) in [5, 5.41) is 20.4. The van der Waals surface area contributed by atoms with Crippen molar-refractivity contribution >= 4 is 28.8 Å². The average Bonchev–Trinajstić information content (AvgIpc) is 3.71. The molecule has 11 heteroatoms. The van der Waals surface area contributed by atoms with Crippen molar-refractivity contribution in [2.75, 3.05) is 13.1 Å². The van der Waals surface area contributed by atoms with Crippen LogP contribution >= 0.6 is 0 Å². The van der Waals surface area contributed by atoms with Gasteiger partial charge in [0.15, 0.2) is 0 Å². The molecular weight excluding hydrogens is 508 g/mol. The van der Waals surface area contributed by atoms with Gasteiger partial charge < -0.3 is 20.9 Å². The summed E-state index contributed by atoms with van der Waals surface area (Å²) in [6.07, 6.45) is 6.71. The molecule has 3 N–H and O–H groups in total. The van der Waals surface area contributed by atoms with E-state index in [1.165, 1.54) is 0 Å². The summed E-state index contributed by atoms with van der Waals surface area (Å²) < 4.78 is 1.69. The highest BCUT2D eigenvalue weighted by molar-refractivity contribution is 5.91. The Morgan fingerprint density at radius 2 is 2.12 bits per heavy atom. The Kier molecular flexibility index (Phi) is 9.32. The van der Waals surface area contributed by atoms with Crippen molar-refractivity contribution in [1.29, 1.82) is 5.26 Å². The van der Waals surface area contributed by atoms with Crippen LogP contribution in [0.3, 0.4) is 0 Å². The van der Waals surface area contributed by atoms with E-state index in [1.54, 1.807) is 20.6 Å². The van der Waals surface area contributed by atoms with E-state index in [-0.39, 0.29) is 43.0 Å². The Labute approximate surface area is 234 Å². The highest BCUT2D eigenvalue weighted by atomic mass is 16.2. The highest BCUT2D eigenvalue weighted by Gasteiger charge is 2.41. The van der Waals surface area contributed by atoms with Gasteiger partial charge in [-0.3, -0.25) is 14.4 Å². The first-order chi connectivity index (χ1) is 19.2. The zero-order valence-electron chi connectivity index (χ0n) is 23.3. The summed E-state index contributed by atoms with van der Waals surface area (Å²) in [7, 11) is 1.82. The number of carbonyl (C=O) groups excluding carboxylic acids is 3. The van der Waals surface area contributed by atoms with Crippen LogP contribution in [0.5, 0.6) is 0 Å². The number of nitrogens with one attached hydrogen (secondary N) is 1. The molecule has 2 aromatic rings. The Bertz CT molecular complexity index is 1340. The van der Waals surface area contributed by atoms with Crippen molar-refractivity contribution in [3.63, 3.8) is 0 Å². The third kappa shape index (κ3) is 6.39. The van der Waals surface area contributed by atoms with Gasteiger partial charge in [-0.1, -0.05) is 35.6 Å².